The number of rotatable bonds is 6. The Morgan fingerprint density at radius 3 is 2.57 bits per heavy atom. The third-order valence-corrected chi connectivity index (χ3v) is 4.42. The van der Waals surface area contributed by atoms with Gasteiger partial charge < -0.3 is 5.32 Å². The topological polar surface area (TPSA) is 70.6 Å². The van der Waals surface area contributed by atoms with Crippen LogP contribution in [0.5, 0.6) is 0 Å². The average Bonchev–Trinajstić information content (AvgIpc) is 2.93. The highest BCUT2D eigenvalue weighted by Crippen LogP contribution is 2.20. The van der Waals surface area contributed by atoms with Crippen LogP contribution in [-0.4, -0.2) is 18.0 Å². The van der Waals surface area contributed by atoms with Gasteiger partial charge in [-0.2, -0.15) is 5.10 Å². The van der Waals surface area contributed by atoms with Crippen molar-refractivity contribution in [2.75, 3.05) is 5.32 Å². The van der Waals surface area contributed by atoms with Crippen molar-refractivity contribution >= 4 is 51.0 Å². The molecule has 2 amide bonds. The summed E-state index contributed by atoms with van der Waals surface area (Å²) in [5.41, 5.74) is 3.62. The minimum absolute atomic E-state index is 0.0311. The van der Waals surface area contributed by atoms with E-state index in [1.807, 2.05) is 19.1 Å². The Morgan fingerprint density at radius 1 is 1.22 bits per heavy atom. The number of carbonyl (C=O) groups excluding carboxylic acids is 2. The lowest BCUT2D eigenvalue weighted by Crippen LogP contribution is -2.17. The third-order valence-electron chi connectivity index (χ3n) is 2.86. The zero-order valence-electron chi connectivity index (χ0n) is 12.5. The highest BCUT2D eigenvalue weighted by atomic mass is 79.9. The molecule has 0 saturated carbocycles. The van der Waals surface area contributed by atoms with Gasteiger partial charge in [0.2, 0.25) is 5.91 Å². The Labute approximate surface area is 146 Å². The van der Waals surface area contributed by atoms with Crippen LogP contribution in [0.2, 0.25) is 0 Å². The Hall–Kier alpha value is -1.99. The number of thiophene rings is 1. The van der Waals surface area contributed by atoms with Crippen LogP contribution < -0.4 is 10.7 Å². The maximum Gasteiger partial charge on any atom is 0.271 e. The molecule has 0 aliphatic heterocycles. The van der Waals surface area contributed by atoms with Gasteiger partial charge in [-0.05, 0) is 58.7 Å². The third kappa shape index (κ3) is 5.61. The number of nitrogens with one attached hydrogen (secondary N) is 2. The van der Waals surface area contributed by atoms with Gasteiger partial charge in [0.05, 0.1) is 10.0 Å². The average molecular weight is 394 g/mol. The standard InChI is InChI=1S/C16H16BrN3O2S/c1-2-3-15(21)19-12-6-4-11(5-7-12)16(22)20-18-10-13-8-9-14(17)23-13/h4-10H,2-3H2,1H3,(H,19,21)(H,20,22). The molecule has 1 aromatic heterocycles. The molecule has 5 nitrogen and oxygen atoms in total. The van der Waals surface area contributed by atoms with Gasteiger partial charge in [-0.25, -0.2) is 5.43 Å². The number of hydrogen-bond donors (Lipinski definition) is 2. The van der Waals surface area contributed by atoms with E-state index in [-0.39, 0.29) is 11.8 Å². The second kappa shape index (κ2) is 8.59. The van der Waals surface area contributed by atoms with Gasteiger partial charge in [0.1, 0.15) is 0 Å². The predicted octanol–water partition coefficient (Wildman–Crippen LogP) is 4.01. The van der Waals surface area contributed by atoms with Crippen molar-refractivity contribution in [1.82, 2.24) is 5.43 Å². The molecule has 0 fully saturated rings. The summed E-state index contributed by atoms with van der Waals surface area (Å²) < 4.78 is 1.01. The summed E-state index contributed by atoms with van der Waals surface area (Å²) in [5, 5.41) is 6.69. The molecule has 1 heterocycles. The second-order valence-corrected chi connectivity index (χ2v) is 7.21. The van der Waals surface area contributed by atoms with Gasteiger partial charge in [0.15, 0.2) is 0 Å². The molecule has 0 spiro atoms. The molecule has 0 aliphatic rings. The van der Waals surface area contributed by atoms with Crippen molar-refractivity contribution in [2.45, 2.75) is 19.8 Å². The number of benzene rings is 1. The lowest BCUT2D eigenvalue weighted by molar-refractivity contribution is -0.116. The molecular formula is C16H16BrN3O2S. The highest BCUT2D eigenvalue weighted by molar-refractivity contribution is 9.11. The summed E-state index contributed by atoms with van der Waals surface area (Å²) in [7, 11) is 0. The molecule has 7 heteroatoms. The molecule has 0 bridgehead atoms. The fourth-order valence-electron chi connectivity index (χ4n) is 1.77. The Balaban J connectivity index is 1.89. The molecule has 23 heavy (non-hydrogen) atoms. The summed E-state index contributed by atoms with van der Waals surface area (Å²) in [6.07, 6.45) is 2.87. The van der Waals surface area contributed by atoms with E-state index in [1.54, 1.807) is 30.5 Å². The summed E-state index contributed by atoms with van der Waals surface area (Å²) in [4.78, 5) is 24.4. The monoisotopic (exact) mass is 393 g/mol. The molecule has 2 aromatic rings. The smallest absolute Gasteiger partial charge is 0.271 e. The fourth-order valence-corrected chi connectivity index (χ4v) is 3.07. The Kier molecular flexibility index (Phi) is 6.49. The van der Waals surface area contributed by atoms with Gasteiger partial charge in [-0.1, -0.05) is 6.92 Å². The van der Waals surface area contributed by atoms with Crippen LogP contribution in [0.15, 0.2) is 45.3 Å². The zero-order valence-corrected chi connectivity index (χ0v) is 14.9. The first kappa shape index (κ1) is 17.4. The largest absolute Gasteiger partial charge is 0.326 e. The lowest BCUT2D eigenvalue weighted by Gasteiger charge is -2.05. The first-order valence-electron chi connectivity index (χ1n) is 7.07. The van der Waals surface area contributed by atoms with E-state index in [2.05, 4.69) is 31.8 Å². The van der Waals surface area contributed by atoms with Crippen molar-refractivity contribution < 1.29 is 9.59 Å². The number of nitrogens with zero attached hydrogens (tertiary/aromatic N) is 1. The molecule has 0 atom stereocenters. The van der Waals surface area contributed by atoms with Crippen molar-refractivity contribution in [3.63, 3.8) is 0 Å². The number of hydrazone groups is 1. The van der Waals surface area contributed by atoms with Crippen molar-refractivity contribution in [1.29, 1.82) is 0 Å². The maximum atomic E-state index is 12.0. The SMILES string of the molecule is CCCC(=O)Nc1ccc(C(=O)NN=Cc2ccc(Br)s2)cc1. The Bertz CT molecular complexity index is 710. The highest BCUT2D eigenvalue weighted by Gasteiger charge is 2.05. The molecule has 2 N–H and O–H groups in total. The summed E-state index contributed by atoms with van der Waals surface area (Å²) in [6.45, 7) is 1.95. The molecule has 2 rings (SSSR count). The van der Waals surface area contributed by atoms with Gasteiger partial charge in [0.25, 0.3) is 5.91 Å². The fraction of sp³-hybridized carbons (Fsp3) is 0.188. The first-order chi connectivity index (χ1) is 11.1. The van der Waals surface area contributed by atoms with Crippen LogP contribution in [-0.2, 0) is 4.79 Å². The second-order valence-electron chi connectivity index (χ2n) is 4.72. The van der Waals surface area contributed by atoms with Gasteiger partial charge in [-0.15, -0.1) is 11.3 Å². The molecule has 0 saturated heterocycles. The quantitative estimate of drug-likeness (QED) is 0.574. The lowest BCUT2D eigenvalue weighted by atomic mass is 10.2. The van der Waals surface area contributed by atoms with Crippen LogP contribution >= 0.6 is 27.3 Å². The van der Waals surface area contributed by atoms with Crippen molar-refractivity contribution in [3.05, 3.63) is 50.6 Å². The number of halogens is 1. The minimum atomic E-state index is -0.302. The molecule has 0 aliphatic carbocycles. The van der Waals surface area contributed by atoms with E-state index >= 15 is 0 Å². The van der Waals surface area contributed by atoms with Gasteiger partial charge in [0, 0.05) is 22.5 Å². The number of amides is 2. The molecule has 0 radical (unpaired) electrons. The molecule has 1 aromatic carbocycles. The normalized spacial score (nSPS) is 10.7. The van der Waals surface area contributed by atoms with Crippen LogP contribution in [0.3, 0.4) is 0 Å². The summed E-state index contributed by atoms with van der Waals surface area (Å²) >= 11 is 4.89. The van der Waals surface area contributed by atoms with E-state index in [1.165, 1.54) is 11.3 Å². The predicted molar refractivity (Wildman–Crippen MR) is 97.1 cm³/mol. The first-order valence-corrected chi connectivity index (χ1v) is 8.68. The van der Waals surface area contributed by atoms with E-state index in [0.29, 0.717) is 17.7 Å². The van der Waals surface area contributed by atoms with E-state index in [0.717, 1.165) is 15.1 Å². The molecular weight excluding hydrogens is 378 g/mol. The van der Waals surface area contributed by atoms with Crippen LogP contribution in [0, 0.1) is 0 Å². The zero-order chi connectivity index (χ0) is 16.7. The van der Waals surface area contributed by atoms with Crippen molar-refractivity contribution in [3.8, 4) is 0 Å². The van der Waals surface area contributed by atoms with Gasteiger partial charge in [-0.3, -0.25) is 9.59 Å². The molecule has 0 unspecified atom stereocenters. The van der Waals surface area contributed by atoms with E-state index in [4.69, 9.17) is 0 Å². The summed E-state index contributed by atoms with van der Waals surface area (Å²) in [5.74, 6) is -0.334. The van der Waals surface area contributed by atoms with E-state index < -0.39 is 0 Å². The minimum Gasteiger partial charge on any atom is -0.326 e. The number of anilines is 1. The summed E-state index contributed by atoms with van der Waals surface area (Å²) in [6, 6.07) is 10.5. The van der Waals surface area contributed by atoms with Crippen LogP contribution in [0.4, 0.5) is 5.69 Å². The van der Waals surface area contributed by atoms with Gasteiger partial charge >= 0.3 is 0 Å². The van der Waals surface area contributed by atoms with Crippen LogP contribution in [0.25, 0.3) is 0 Å². The molecule has 120 valence electrons. The van der Waals surface area contributed by atoms with E-state index in [9.17, 15) is 9.59 Å². The Morgan fingerprint density at radius 2 is 1.96 bits per heavy atom. The number of hydrogen-bond acceptors (Lipinski definition) is 4. The maximum absolute atomic E-state index is 12.0. The van der Waals surface area contributed by atoms with Crippen LogP contribution in [0.1, 0.15) is 35.0 Å². The van der Waals surface area contributed by atoms with Crippen molar-refractivity contribution in [2.24, 2.45) is 5.10 Å². The number of carbonyl (C=O) groups is 2.